The molecule has 148 valence electrons. The molecule has 1 aliphatic heterocycles. The Morgan fingerprint density at radius 2 is 1.85 bits per heavy atom. The van der Waals surface area contributed by atoms with E-state index in [4.69, 9.17) is 19.4 Å². The molecule has 1 saturated heterocycles. The maximum absolute atomic E-state index is 13.3. The fraction of sp³-hybridized carbons (Fsp3) is 0.556. The molecule has 1 unspecified atom stereocenters. The van der Waals surface area contributed by atoms with Crippen LogP contribution in [0.1, 0.15) is 6.23 Å². The van der Waals surface area contributed by atoms with Crippen molar-refractivity contribution in [2.24, 2.45) is 0 Å². The predicted octanol–water partition coefficient (Wildman–Crippen LogP) is -2.48. The lowest BCUT2D eigenvalue weighted by atomic mass is 10.1. The fourth-order valence-electron chi connectivity index (χ4n) is 2.07. The van der Waals surface area contributed by atoms with Gasteiger partial charge in [-0.25, -0.2) is 13.9 Å². The summed E-state index contributed by atoms with van der Waals surface area (Å²) in [6, 6.07) is 0. The number of halogens is 1. The van der Waals surface area contributed by atoms with Crippen LogP contribution in [-0.4, -0.2) is 59.4 Å². The van der Waals surface area contributed by atoms with Gasteiger partial charge in [0.15, 0.2) is 6.23 Å². The summed E-state index contributed by atoms with van der Waals surface area (Å²) >= 11 is 0. The summed E-state index contributed by atoms with van der Waals surface area (Å²) in [5.74, 6) is -1.38. The van der Waals surface area contributed by atoms with Crippen LogP contribution in [0.3, 0.4) is 0 Å². The van der Waals surface area contributed by atoms with Crippen molar-refractivity contribution in [3.8, 4) is 0 Å². The number of nitrogens with zero attached hydrogens (tertiary/aromatic N) is 1. The van der Waals surface area contributed by atoms with Crippen molar-refractivity contribution in [2.45, 2.75) is 24.5 Å². The number of H-pyrrole nitrogens is 1. The SMILES string of the molecule is O=c1[nH]c(=O)n([C@H]2O[C@@H](COP(=O)(O)OP(=O)(O)O)[C@@H](O)[C@H]2O)cc1F. The van der Waals surface area contributed by atoms with Gasteiger partial charge in [-0.05, 0) is 0 Å². The van der Waals surface area contributed by atoms with Crippen LogP contribution >= 0.6 is 15.6 Å². The zero-order valence-corrected chi connectivity index (χ0v) is 14.2. The third kappa shape index (κ3) is 4.92. The number of aromatic amines is 1. The lowest BCUT2D eigenvalue weighted by molar-refractivity contribution is -0.0546. The van der Waals surface area contributed by atoms with Crippen molar-refractivity contribution in [1.82, 2.24) is 9.55 Å². The summed E-state index contributed by atoms with van der Waals surface area (Å²) in [6.07, 6.45) is -6.50. The number of phosphoric acid groups is 2. The minimum Gasteiger partial charge on any atom is -0.387 e. The van der Waals surface area contributed by atoms with Crippen LogP contribution in [0.2, 0.25) is 0 Å². The first kappa shape index (κ1) is 21.1. The highest BCUT2D eigenvalue weighted by Crippen LogP contribution is 2.57. The summed E-state index contributed by atoms with van der Waals surface area (Å²) < 4.78 is 48.4. The van der Waals surface area contributed by atoms with Crippen LogP contribution in [0, 0.1) is 5.82 Å². The molecule has 0 saturated carbocycles. The van der Waals surface area contributed by atoms with Gasteiger partial charge in [-0.15, -0.1) is 0 Å². The van der Waals surface area contributed by atoms with Crippen molar-refractivity contribution < 1.29 is 52.0 Å². The number of hydrogen-bond acceptors (Lipinski definition) is 9. The van der Waals surface area contributed by atoms with Gasteiger partial charge in [0, 0.05) is 0 Å². The van der Waals surface area contributed by atoms with Gasteiger partial charge in [0.1, 0.15) is 18.3 Å². The Morgan fingerprint density at radius 1 is 1.23 bits per heavy atom. The Bertz CT molecular complexity index is 878. The zero-order valence-electron chi connectivity index (χ0n) is 12.4. The number of aliphatic hydroxyl groups is 2. The molecule has 0 aromatic carbocycles. The molecule has 1 fully saturated rings. The molecule has 1 aromatic rings. The van der Waals surface area contributed by atoms with E-state index in [1.165, 1.54) is 0 Å². The largest absolute Gasteiger partial charge is 0.481 e. The number of aliphatic hydroxyl groups excluding tert-OH is 2. The van der Waals surface area contributed by atoms with Crippen molar-refractivity contribution >= 4 is 15.6 Å². The van der Waals surface area contributed by atoms with Crippen LogP contribution in [0.15, 0.2) is 15.8 Å². The minimum absolute atomic E-state index is 0.416. The summed E-state index contributed by atoms with van der Waals surface area (Å²) in [4.78, 5) is 50.3. The molecule has 0 amide bonds. The zero-order chi connectivity index (χ0) is 19.9. The fourth-order valence-corrected chi connectivity index (χ4v) is 3.67. The molecule has 26 heavy (non-hydrogen) atoms. The summed E-state index contributed by atoms with van der Waals surface area (Å²) in [7, 11) is -10.6. The quantitative estimate of drug-likeness (QED) is 0.263. The lowest BCUT2D eigenvalue weighted by Gasteiger charge is -2.17. The normalized spacial score (nSPS) is 28.8. The first-order valence-electron chi connectivity index (χ1n) is 6.57. The summed E-state index contributed by atoms with van der Waals surface area (Å²) in [5, 5.41) is 19.7. The Kier molecular flexibility index (Phi) is 5.99. The molecule has 17 heteroatoms. The second-order valence-electron chi connectivity index (χ2n) is 5.03. The van der Waals surface area contributed by atoms with Gasteiger partial charge in [-0.2, -0.15) is 8.70 Å². The lowest BCUT2D eigenvalue weighted by Crippen LogP contribution is -2.38. The molecule has 6 N–H and O–H groups in total. The molecular formula is C9H13FN2O12P2. The van der Waals surface area contributed by atoms with E-state index in [9.17, 15) is 33.3 Å². The maximum Gasteiger partial charge on any atom is 0.481 e. The summed E-state index contributed by atoms with van der Waals surface area (Å²) in [6.45, 7) is -0.997. The average molecular weight is 422 g/mol. The van der Waals surface area contributed by atoms with E-state index in [0.29, 0.717) is 10.8 Å². The van der Waals surface area contributed by atoms with Crippen LogP contribution in [0.25, 0.3) is 0 Å². The minimum atomic E-state index is -5.36. The average Bonchev–Trinajstić information content (AvgIpc) is 2.75. The van der Waals surface area contributed by atoms with E-state index >= 15 is 0 Å². The number of ether oxygens (including phenoxy) is 1. The molecule has 14 nitrogen and oxygen atoms in total. The van der Waals surface area contributed by atoms with E-state index in [2.05, 4.69) is 8.83 Å². The molecule has 0 spiro atoms. The number of hydrogen-bond donors (Lipinski definition) is 6. The van der Waals surface area contributed by atoms with E-state index in [-0.39, 0.29) is 0 Å². The first-order chi connectivity index (χ1) is 11.8. The van der Waals surface area contributed by atoms with Crippen LogP contribution in [0.5, 0.6) is 0 Å². The van der Waals surface area contributed by atoms with Gasteiger partial charge in [0.05, 0.1) is 12.8 Å². The second kappa shape index (κ2) is 7.40. The smallest absolute Gasteiger partial charge is 0.387 e. The molecule has 5 atom stereocenters. The molecule has 2 heterocycles. The van der Waals surface area contributed by atoms with Gasteiger partial charge in [0.25, 0.3) is 5.56 Å². The number of rotatable bonds is 6. The molecule has 0 bridgehead atoms. The van der Waals surface area contributed by atoms with Crippen LogP contribution in [-0.2, 0) is 22.7 Å². The van der Waals surface area contributed by atoms with Crippen molar-refractivity contribution in [1.29, 1.82) is 0 Å². The second-order valence-corrected chi connectivity index (χ2v) is 7.86. The van der Waals surface area contributed by atoms with Crippen molar-refractivity contribution in [2.75, 3.05) is 6.61 Å². The Labute approximate surface area is 142 Å². The highest BCUT2D eigenvalue weighted by atomic mass is 31.3. The molecule has 0 aliphatic carbocycles. The van der Waals surface area contributed by atoms with Crippen molar-refractivity contribution in [3.63, 3.8) is 0 Å². The maximum atomic E-state index is 13.3. The third-order valence-corrected chi connectivity index (χ3v) is 5.30. The van der Waals surface area contributed by atoms with Gasteiger partial charge in [0.2, 0.25) is 5.82 Å². The highest BCUT2D eigenvalue weighted by molar-refractivity contribution is 7.60. The van der Waals surface area contributed by atoms with E-state index in [0.717, 1.165) is 0 Å². The number of aromatic nitrogens is 2. The molecule has 0 radical (unpaired) electrons. The highest BCUT2D eigenvalue weighted by Gasteiger charge is 2.45. The molecule has 2 rings (SSSR count). The van der Waals surface area contributed by atoms with Gasteiger partial charge < -0.3 is 29.6 Å². The Balaban J connectivity index is 2.14. The van der Waals surface area contributed by atoms with Crippen LogP contribution in [0.4, 0.5) is 4.39 Å². The predicted molar refractivity (Wildman–Crippen MR) is 76.1 cm³/mol. The topological polar surface area (TPSA) is 218 Å². The molecule has 1 aromatic heterocycles. The third-order valence-electron chi connectivity index (χ3n) is 3.15. The van der Waals surface area contributed by atoms with Crippen molar-refractivity contribution in [3.05, 3.63) is 32.9 Å². The number of phosphoric ester groups is 1. The van der Waals surface area contributed by atoms with E-state index in [1.54, 1.807) is 4.98 Å². The van der Waals surface area contributed by atoms with Gasteiger partial charge in [-0.3, -0.25) is 18.9 Å². The van der Waals surface area contributed by atoms with Crippen LogP contribution < -0.4 is 11.2 Å². The Morgan fingerprint density at radius 3 is 2.42 bits per heavy atom. The molecule has 1 aliphatic rings. The standard InChI is InChI=1S/C9H13FN2O12P2/c10-3-1-12(9(16)11-7(3)15)8-6(14)5(13)4(23-8)2-22-26(20,21)24-25(17,18)19/h1,4-6,8,13-14H,2H2,(H,20,21)(H,11,15,16)(H2,17,18,19)/t4-,5+,6+,8-/m0/s1. The molecular weight excluding hydrogens is 409 g/mol. The first-order valence-corrected chi connectivity index (χ1v) is 9.60. The van der Waals surface area contributed by atoms with E-state index < -0.39 is 63.9 Å². The Hall–Kier alpha value is -1.25. The number of nitrogens with one attached hydrogen (secondary N) is 1. The van der Waals surface area contributed by atoms with E-state index in [1.807, 2.05) is 0 Å². The van der Waals surface area contributed by atoms with Gasteiger partial charge in [-0.1, -0.05) is 0 Å². The monoisotopic (exact) mass is 422 g/mol. The summed E-state index contributed by atoms with van der Waals surface area (Å²) in [5.41, 5.74) is -2.50. The van der Waals surface area contributed by atoms with Gasteiger partial charge >= 0.3 is 21.3 Å².